The Morgan fingerprint density at radius 3 is 2.89 bits per heavy atom. The number of fused-ring (bicyclic) bond motifs is 1. The fourth-order valence-electron chi connectivity index (χ4n) is 3.09. The molecule has 0 saturated carbocycles. The summed E-state index contributed by atoms with van der Waals surface area (Å²) >= 11 is 7.14. The Morgan fingerprint density at radius 2 is 2.25 bits per heavy atom. The van der Waals surface area contributed by atoms with Crippen LogP contribution in [-0.4, -0.2) is 59.1 Å². The van der Waals surface area contributed by atoms with Gasteiger partial charge in [0.15, 0.2) is 15.0 Å². The van der Waals surface area contributed by atoms with Gasteiger partial charge < -0.3 is 4.90 Å². The molecular formula is C18H20ClN3O4S2. The average molecular weight is 442 g/mol. The van der Waals surface area contributed by atoms with Crippen molar-refractivity contribution in [2.45, 2.75) is 24.2 Å². The lowest BCUT2D eigenvalue weighted by molar-refractivity contribution is -0.128. The average Bonchev–Trinajstić information content (AvgIpc) is 3.01. The van der Waals surface area contributed by atoms with Gasteiger partial charge in [-0.1, -0.05) is 29.4 Å². The molecular weight excluding hydrogens is 422 g/mol. The zero-order valence-corrected chi connectivity index (χ0v) is 17.7. The van der Waals surface area contributed by atoms with E-state index in [-0.39, 0.29) is 41.3 Å². The summed E-state index contributed by atoms with van der Waals surface area (Å²) in [4.78, 5) is 31.3. The Hall–Kier alpha value is -1.84. The third-order valence-electron chi connectivity index (χ3n) is 4.67. The molecule has 0 aliphatic carbocycles. The van der Waals surface area contributed by atoms with E-state index in [4.69, 9.17) is 11.6 Å². The van der Waals surface area contributed by atoms with Gasteiger partial charge in [-0.2, -0.15) is 0 Å². The lowest BCUT2D eigenvalue weighted by atomic mass is 10.2. The highest BCUT2D eigenvalue weighted by molar-refractivity contribution is 7.99. The first kappa shape index (κ1) is 20.9. The van der Waals surface area contributed by atoms with E-state index in [1.54, 1.807) is 31.3 Å². The summed E-state index contributed by atoms with van der Waals surface area (Å²) in [6, 6.07) is 4.56. The van der Waals surface area contributed by atoms with Gasteiger partial charge in [0.05, 0.1) is 28.2 Å². The molecule has 1 aliphatic rings. The third-order valence-corrected chi connectivity index (χ3v) is 7.61. The summed E-state index contributed by atoms with van der Waals surface area (Å²) in [5.41, 5.74) is 0.231. The zero-order valence-electron chi connectivity index (χ0n) is 15.3. The Kier molecular flexibility index (Phi) is 6.16. The number of allylic oxidation sites excluding steroid dienone is 1. The van der Waals surface area contributed by atoms with Crippen LogP contribution in [0.25, 0.3) is 10.9 Å². The van der Waals surface area contributed by atoms with Crippen molar-refractivity contribution < 1.29 is 13.2 Å². The molecule has 150 valence electrons. The maximum absolute atomic E-state index is 12.8. The van der Waals surface area contributed by atoms with Crippen LogP contribution >= 0.6 is 23.4 Å². The minimum absolute atomic E-state index is 0.00615. The number of thioether (sulfide) groups is 1. The van der Waals surface area contributed by atoms with Crippen LogP contribution in [0.15, 0.2) is 40.8 Å². The van der Waals surface area contributed by atoms with Crippen LogP contribution in [0.1, 0.15) is 6.42 Å². The smallest absolute Gasteiger partial charge is 0.262 e. The van der Waals surface area contributed by atoms with E-state index in [1.165, 1.54) is 9.47 Å². The maximum atomic E-state index is 12.8. The molecule has 2 aromatic rings. The standard InChI is InChI=1S/C18H20ClN3O4S2/c1-3-7-22-17(24)14-5-4-12(19)9-15(14)20-18(22)27-10-16(23)21(2)13-6-8-28(25,26)11-13/h3-5,9,13H,1,6-8,10-11H2,2H3. The van der Waals surface area contributed by atoms with Crippen molar-refractivity contribution in [2.75, 3.05) is 24.3 Å². The predicted molar refractivity (Wildman–Crippen MR) is 112 cm³/mol. The Balaban J connectivity index is 1.83. The molecule has 0 bridgehead atoms. The van der Waals surface area contributed by atoms with Crippen LogP contribution in [0.5, 0.6) is 0 Å². The number of benzene rings is 1. The zero-order chi connectivity index (χ0) is 20.5. The molecule has 7 nitrogen and oxygen atoms in total. The largest absolute Gasteiger partial charge is 0.341 e. The second-order valence-corrected chi connectivity index (χ2v) is 10.2. The molecule has 0 N–H and O–H groups in total. The van der Waals surface area contributed by atoms with E-state index in [0.29, 0.717) is 27.5 Å². The quantitative estimate of drug-likeness (QED) is 0.387. The summed E-state index contributed by atoms with van der Waals surface area (Å²) in [6.45, 7) is 3.93. The summed E-state index contributed by atoms with van der Waals surface area (Å²) in [5, 5.41) is 1.30. The Bertz CT molecular complexity index is 1100. The number of nitrogens with zero attached hydrogens (tertiary/aromatic N) is 3. The monoisotopic (exact) mass is 441 g/mol. The van der Waals surface area contributed by atoms with Crippen LogP contribution in [0.2, 0.25) is 5.02 Å². The van der Waals surface area contributed by atoms with Crippen LogP contribution in [0.4, 0.5) is 0 Å². The van der Waals surface area contributed by atoms with E-state index >= 15 is 0 Å². The van der Waals surface area contributed by atoms with E-state index in [0.717, 1.165) is 11.8 Å². The Morgan fingerprint density at radius 1 is 1.50 bits per heavy atom. The van der Waals surface area contributed by atoms with Gasteiger partial charge in [0, 0.05) is 24.7 Å². The van der Waals surface area contributed by atoms with Crippen molar-refractivity contribution in [1.82, 2.24) is 14.5 Å². The van der Waals surface area contributed by atoms with Crippen LogP contribution in [-0.2, 0) is 21.2 Å². The van der Waals surface area contributed by atoms with Crippen molar-refractivity contribution >= 4 is 50.0 Å². The van der Waals surface area contributed by atoms with Crippen molar-refractivity contribution in [3.05, 3.63) is 46.2 Å². The SMILES string of the molecule is C=CCn1c(SCC(=O)N(C)C2CCS(=O)(=O)C2)nc2cc(Cl)ccc2c1=O. The summed E-state index contributed by atoms with van der Waals surface area (Å²) in [7, 11) is -1.46. The van der Waals surface area contributed by atoms with E-state index in [2.05, 4.69) is 11.6 Å². The van der Waals surface area contributed by atoms with Gasteiger partial charge >= 0.3 is 0 Å². The van der Waals surface area contributed by atoms with Crippen LogP contribution in [0, 0.1) is 0 Å². The highest BCUT2D eigenvalue weighted by atomic mass is 35.5. The first-order chi connectivity index (χ1) is 13.2. The molecule has 10 heteroatoms. The van der Waals surface area contributed by atoms with Crippen LogP contribution < -0.4 is 5.56 Å². The van der Waals surface area contributed by atoms with Gasteiger partial charge in [-0.25, -0.2) is 13.4 Å². The van der Waals surface area contributed by atoms with Gasteiger partial charge in [0.25, 0.3) is 5.56 Å². The highest BCUT2D eigenvalue weighted by Crippen LogP contribution is 2.22. The molecule has 28 heavy (non-hydrogen) atoms. The van der Waals surface area contributed by atoms with Gasteiger partial charge in [0.1, 0.15) is 0 Å². The predicted octanol–water partition coefficient (Wildman–Crippen LogP) is 1.97. The second-order valence-electron chi connectivity index (χ2n) is 6.61. The van der Waals surface area contributed by atoms with E-state index in [9.17, 15) is 18.0 Å². The van der Waals surface area contributed by atoms with Crippen molar-refractivity contribution in [2.24, 2.45) is 0 Å². The number of carbonyl (C=O) groups excluding carboxylic acids is 1. The lowest BCUT2D eigenvalue weighted by Gasteiger charge is -2.23. The summed E-state index contributed by atoms with van der Waals surface area (Å²) < 4.78 is 24.7. The first-order valence-corrected chi connectivity index (χ1v) is 11.8. The van der Waals surface area contributed by atoms with Crippen molar-refractivity contribution in [1.29, 1.82) is 0 Å². The molecule has 1 aromatic heterocycles. The molecule has 1 aliphatic heterocycles. The number of rotatable bonds is 6. The molecule has 1 amide bonds. The highest BCUT2D eigenvalue weighted by Gasteiger charge is 2.32. The number of carbonyl (C=O) groups is 1. The molecule has 2 heterocycles. The fraction of sp³-hybridized carbons (Fsp3) is 0.389. The first-order valence-electron chi connectivity index (χ1n) is 8.61. The number of hydrogen-bond acceptors (Lipinski definition) is 6. The number of halogens is 1. The van der Waals surface area contributed by atoms with Crippen LogP contribution in [0.3, 0.4) is 0 Å². The molecule has 1 unspecified atom stereocenters. The molecule has 0 radical (unpaired) electrons. The minimum Gasteiger partial charge on any atom is -0.341 e. The number of hydrogen-bond donors (Lipinski definition) is 0. The lowest BCUT2D eigenvalue weighted by Crippen LogP contribution is -2.39. The molecule has 1 atom stereocenters. The van der Waals surface area contributed by atoms with Crippen molar-refractivity contribution in [3.63, 3.8) is 0 Å². The third kappa shape index (κ3) is 4.42. The maximum Gasteiger partial charge on any atom is 0.262 e. The number of aromatic nitrogens is 2. The van der Waals surface area contributed by atoms with Gasteiger partial charge in [-0.3, -0.25) is 14.2 Å². The fourth-order valence-corrected chi connectivity index (χ4v) is 5.96. The molecule has 3 rings (SSSR count). The molecule has 1 saturated heterocycles. The van der Waals surface area contributed by atoms with Crippen molar-refractivity contribution in [3.8, 4) is 0 Å². The summed E-state index contributed by atoms with van der Waals surface area (Å²) in [6.07, 6.45) is 2.04. The Labute approximate surface area is 172 Å². The topological polar surface area (TPSA) is 89.3 Å². The number of sulfone groups is 1. The van der Waals surface area contributed by atoms with Gasteiger partial charge in [0.2, 0.25) is 5.91 Å². The molecule has 1 fully saturated rings. The summed E-state index contributed by atoms with van der Waals surface area (Å²) in [5.74, 6) is -0.0668. The normalized spacial score (nSPS) is 18.3. The van der Waals surface area contributed by atoms with Gasteiger partial charge in [-0.15, -0.1) is 6.58 Å². The van der Waals surface area contributed by atoms with E-state index < -0.39 is 9.84 Å². The van der Waals surface area contributed by atoms with E-state index in [1.807, 2.05) is 0 Å². The molecule has 0 spiro atoms. The minimum atomic E-state index is -3.07. The van der Waals surface area contributed by atoms with Gasteiger partial charge in [-0.05, 0) is 24.6 Å². The number of amides is 1. The second kappa shape index (κ2) is 8.26. The molecule has 1 aromatic carbocycles.